The Morgan fingerprint density at radius 3 is 2.37 bits per heavy atom. The van der Waals surface area contributed by atoms with Crippen LogP contribution in [-0.2, 0) is 13.1 Å². The molecule has 1 amide bonds. The number of benzene rings is 4. The summed E-state index contributed by atoms with van der Waals surface area (Å²) in [5.41, 5.74) is 2.36. The molecule has 0 aliphatic carbocycles. The molecule has 4 rings (SSSR count). The Balaban J connectivity index is 1.69. The summed E-state index contributed by atoms with van der Waals surface area (Å²) in [6.45, 7) is 0.825. The molecular weight excluding hydrogens is 377 g/mol. The van der Waals surface area contributed by atoms with Crippen molar-refractivity contribution in [3.63, 3.8) is 0 Å². The first kappa shape index (κ1) is 19.6. The summed E-state index contributed by atoms with van der Waals surface area (Å²) in [6.07, 6.45) is 0. The number of carbonyl (C=O) groups is 1. The molecule has 4 aromatic carbocycles. The molecule has 4 aromatic rings. The largest absolute Gasteiger partial charge is 0.497 e. The van der Waals surface area contributed by atoms with E-state index in [1.54, 1.807) is 24.1 Å². The van der Waals surface area contributed by atoms with Gasteiger partial charge in [0.15, 0.2) is 0 Å². The highest BCUT2D eigenvalue weighted by atomic mass is 19.1. The van der Waals surface area contributed by atoms with Gasteiger partial charge in [-0.25, -0.2) is 4.39 Å². The lowest BCUT2D eigenvalue weighted by atomic mass is 10.0. The molecule has 30 heavy (non-hydrogen) atoms. The van der Waals surface area contributed by atoms with E-state index < -0.39 is 5.82 Å². The minimum absolute atomic E-state index is 0.210. The van der Waals surface area contributed by atoms with Crippen molar-refractivity contribution in [2.45, 2.75) is 13.1 Å². The van der Waals surface area contributed by atoms with Crippen molar-refractivity contribution in [3.05, 3.63) is 114 Å². The molecule has 150 valence electrons. The van der Waals surface area contributed by atoms with Crippen LogP contribution in [0.2, 0.25) is 0 Å². The summed E-state index contributed by atoms with van der Waals surface area (Å²) >= 11 is 0. The molecule has 0 saturated heterocycles. The average molecular weight is 399 g/mol. The Hall–Kier alpha value is -3.66. The van der Waals surface area contributed by atoms with E-state index in [1.165, 1.54) is 12.1 Å². The zero-order valence-corrected chi connectivity index (χ0v) is 16.7. The van der Waals surface area contributed by atoms with Gasteiger partial charge in [-0.05, 0) is 52.2 Å². The summed E-state index contributed by atoms with van der Waals surface area (Å²) in [5, 5.41) is 2.23. The third kappa shape index (κ3) is 4.33. The van der Waals surface area contributed by atoms with E-state index >= 15 is 0 Å². The molecule has 0 spiro atoms. The van der Waals surface area contributed by atoms with Crippen LogP contribution in [0.4, 0.5) is 4.39 Å². The van der Waals surface area contributed by atoms with Gasteiger partial charge in [-0.1, -0.05) is 60.7 Å². The maximum atomic E-state index is 13.8. The van der Waals surface area contributed by atoms with Crippen molar-refractivity contribution >= 4 is 16.7 Å². The molecule has 0 atom stereocenters. The second-order valence-electron chi connectivity index (χ2n) is 7.16. The summed E-state index contributed by atoms with van der Waals surface area (Å²) in [6, 6.07) is 27.7. The Bertz CT molecular complexity index is 1170. The molecule has 0 fully saturated rings. The van der Waals surface area contributed by atoms with Crippen LogP contribution in [0.15, 0.2) is 91.0 Å². The van der Waals surface area contributed by atoms with Crippen molar-refractivity contribution < 1.29 is 13.9 Å². The van der Waals surface area contributed by atoms with Crippen LogP contribution in [0.3, 0.4) is 0 Å². The van der Waals surface area contributed by atoms with Gasteiger partial charge in [-0.2, -0.15) is 0 Å². The quantitative estimate of drug-likeness (QED) is 0.408. The Morgan fingerprint density at radius 1 is 0.867 bits per heavy atom. The first-order valence-electron chi connectivity index (χ1n) is 9.78. The van der Waals surface area contributed by atoms with Gasteiger partial charge in [0, 0.05) is 18.7 Å². The number of fused-ring (bicyclic) bond motifs is 1. The fourth-order valence-electron chi connectivity index (χ4n) is 3.59. The SMILES string of the molecule is COc1ccc(CN(Cc2cccc3ccccc23)C(=O)c2cccc(F)c2)cc1. The molecule has 0 radical (unpaired) electrons. The van der Waals surface area contributed by atoms with Crippen molar-refractivity contribution in [2.24, 2.45) is 0 Å². The third-order valence-electron chi connectivity index (χ3n) is 5.13. The topological polar surface area (TPSA) is 29.5 Å². The van der Waals surface area contributed by atoms with Crippen LogP contribution in [0.5, 0.6) is 5.75 Å². The molecule has 0 aliphatic heterocycles. The Kier molecular flexibility index (Phi) is 5.75. The molecule has 0 bridgehead atoms. The summed E-state index contributed by atoms with van der Waals surface area (Å²) in [5.74, 6) is 0.129. The molecular formula is C26H22FNO2. The first-order valence-corrected chi connectivity index (χ1v) is 9.78. The average Bonchev–Trinajstić information content (AvgIpc) is 2.79. The van der Waals surface area contributed by atoms with Gasteiger partial charge < -0.3 is 9.64 Å². The van der Waals surface area contributed by atoms with Gasteiger partial charge in [0.2, 0.25) is 0 Å². The molecule has 4 heteroatoms. The van der Waals surface area contributed by atoms with Gasteiger partial charge in [0.25, 0.3) is 5.91 Å². The maximum Gasteiger partial charge on any atom is 0.254 e. The lowest BCUT2D eigenvalue weighted by molar-refractivity contribution is 0.0730. The van der Waals surface area contributed by atoms with E-state index in [0.717, 1.165) is 27.6 Å². The van der Waals surface area contributed by atoms with Crippen molar-refractivity contribution in [1.82, 2.24) is 4.90 Å². The highest BCUT2D eigenvalue weighted by Gasteiger charge is 2.18. The predicted molar refractivity (Wildman–Crippen MR) is 117 cm³/mol. The zero-order valence-electron chi connectivity index (χ0n) is 16.7. The fourth-order valence-corrected chi connectivity index (χ4v) is 3.59. The first-order chi connectivity index (χ1) is 14.6. The predicted octanol–water partition coefficient (Wildman–Crippen LogP) is 5.83. The molecule has 0 aliphatic rings. The second-order valence-corrected chi connectivity index (χ2v) is 7.16. The molecule has 0 saturated carbocycles. The smallest absolute Gasteiger partial charge is 0.254 e. The number of amides is 1. The van der Waals surface area contributed by atoms with E-state index in [-0.39, 0.29) is 5.91 Å². The minimum Gasteiger partial charge on any atom is -0.497 e. The summed E-state index contributed by atoms with van der Waals surface area (Å²) < 4.78 is 19.0. The van der Waals surface area contributed by atoms with Gasteiger partial charge in [-0.15, -0.1) is 0 Å². The van der Waals surface area contributed by atoms with Crippen LogP contribution < -0.4 is 4.74 Å². The zero-order chi connectivity index (χ0) is 20.9. The lowest BCUT2D eigenvalue weighted by Gasteiger charge is -2.24. The molecule has 0 N–H and O–H groups in total. The highest BCUT2D eigenvalue weighted by Crippen LogP contribution is 2.23. The minimum atomic E-state index is -0.421. The van der Waals surface area contributed by atoms with E-state index in [2.05, 4.69) is 18.2 Å². The second kappa shape index (κ2) is 8.78. The molecule has 0 unspecified atom stereocenters. The monoisotopic (exact) mass is 399 g/mol. The van der Waals surface area contributed by atoms with Gasteiger partial charge in [0.1, 0.15) is 11.6 Å². The highest BCUT2D eigenvalue weighted by molar-refractivity contribution is 5.94. The normalized spacial score (nSPS) is 10.7. The van der Waals surface area contributed by atoms with Gasteiger partial charge >= 0.3 is 0 Å². The van der Waals surface area contributed by atoms with Crippen LogP contribution in [0, 0.1) is 5.82 Å². The molecule has 3 nitrogen and oxygen atoms in total. The van der Waals surface area contributed by atoms with Crippen LogP contribution in [0.25, 0.3) is 10.8 Å². The van der Waals surface area contributed by atoms with Crippen molar-refractivity contribution in [3.8, 4) is 5.75 Å². The number of carbonyl (C=O) groups excluding carboxylic acids is 1. The number of nitrogens with zero attached hydrogens (tertiary/aromatic N) is 1. The van der Waals surface area contributed by atoms with Crippen molar-refractivity contribution in [1.29, 1.82) is 0 Å². The maximum absolute atomic E-state index is 13.8. The molecule has 0 aromatic heterocycles. The van der Waals surface area contributed by atoms with E-state index in [1.807, 2.05) is 48.5 Å². The van der Waals surface area contributed by atoms with E-state index in [9.17, 15) is 9.18 Å². The number of halogens is 1. The number of ether oxygens (including phenoxy) is 1. The number of hydrogen-bond acceptors (Lipinski definition) is 2. The van der Waals surface area contributed by atoms with Crippen molar-refractivity contribution in [2.75, 3.05) is 7.11 Å². The molecule has 0 heterocycles. The summed E-state index contributed by atoms with van der Waals surface area (Å²) in [4.78, 5) is 15.0. The van der Waals surface area contributed by atoms with Crippen LogP contribution in [-0.4, -0.2) is 17.9 Å². The van der Waals surface area contributed by atoms with Gasteiger partial charge in [-0.3, -0.25) is 4.79 Å². The lowest BCUT2D eigenvalue weighted by Crippen LogP contribution is -2.30. The number of rotatable bonds is 6. The standard InChI is InChI=1S/C26H22FNO2/c1-30-24-14-12-19(13-15-24)17-28(26(29)21-8-5-10-23(27)16-21)18-22-9-4-7-20-6-2-3-11-25(20)22/h2-16H,17-18H2,1H3. The fraction of sp³-hybridized carbons (Fsp3) is 0.115. The van der Waals surface area contributed by atoms with Crippen LogP contribution >= 0.6 is 0 Å². The Morgan fingerprint density at radius 2 is 1.60 bits per heavy atom. The Labute approximate surface area is 175 Å². The van der Waals surface area contributed by atoms with E-state index in [4.69, 9.17) is 4.74 Å². The van der Waals surface area contributed by atoms with E-state index in [0.29, 0.717) is 18.7 Å². The van der Waals surface area contributed by atoms with Gasteiger partial charge in [0.05, 0.1) is 7.11 Å². The summed E-state index contributed by atoms with van der Waals surface area (Å²) in [7, 11) is 1.62. The van der Waals surface area contributed by atoms with Crippen LogP contribution in [0.1, 0.15) is 21.5 Å². The number of methoxy groups -OCH3 is 1. The number of hydrogen-bond donors (Lipinski definition) is 0. The third-order valence-corrected chi connectivity index (χ3v) is 5.13.